The third-order valence-electron chi connectivity index (χ3n) is 30.3. The molecule has 6 aromatic carbocycles. The Morgan fingerprint density at radius 2 is 0.407 bits per heavy atom. The van der Waals surface area contributed by atoms with Crippen LogP contribution in [0.2, 0.25) is 0 Å². The van der Waals surface area contributed by atoms with Gasteiger partial charge in [-0.15, -0.1) is 0 Å². The van der Waals surface area contributed by atoms with Crippen molar-refractivity contribution in [3.63, 3.8) is 0 Å². The minimum Gasteiger partial charge on any atom is -0.426 e. The molecular weight excluding hydrogens is 1830 g/mol. The Bertz CT molecular complexity index is 4070. The molecule has 6 rings (SSSR count). The van der Waals surface area contributed by atoms with Crippen LogP contribution in [0.5, 0.6) is 34.5 Å². The fourth-order valence-electron chi connectivity index (χ4n) is 21.0. The second-order valence-corrected chi connectivity index (χ2v) is 50.3. The summed E-state index contributed by atoms with van der Waals surface area (Å²) in [6.07, 6.45) is 89.6. The van der Waals surface area contributed by atoms with Crippen LogP contribution >= 0.6 is 25.8 Å². The van der Waals surface area contributed by atoms with E-state index in [4.69, 9.17) is 40.7 Å². The first kappa shape index (κ1) is 129. The maximum absolute atomic E-state index is 7.53. The van der Waals surface area contributed by atoms with Crippen LogP contribution in [0.1, 0.15) is 620 Å². The van der Waals surface area contributed by atoms with Crippen LogP contribution in [0.4, 0.5) is 0 Å². The molecule has 9 nitrogen and oxygen atoms in total. The molecular formula is C133H223O9P3. The third kappa shape index (κ3) is 56.6. The lowest BCUT2D eigenvalue weighted by molar-refractivity contribution is 0.197. The predicted molar refractivity (Wildman–Crippen MR) is 636 cm³/mol. The Hall–Kier alpha value is -4.71. The Labute approximate surface area is 899 Å². The summed E-state index contributed by atoms with van der Waals surface area (Å²) in [5, 5.41) is 0. The second kappa shape index (κ2) is 80.2. The fourth-order valence-corrected chi connectivity index (χ4v) is 24.2. The highest BCUT2D eigenvalue weighted by Crippen LogP contribution is 2.54. The van der Waals surface area contributed by atoms with Crippen molar-refractivity contribution in [1.29, 1.82) is 0 Å². The van der Waals surface area contributed by atoms with E-state index in [1.807, 2.05) is 0 Å². The molecule has 0 spiro atoms. The maximum Gasteiger partial charge on any atom is 0.530 e. The van der Waals surface area contributed by atoms with Crippen molar-refractivity contribution in [2.24, 2.45) is 0 Å². The monoisotopic (exact) mass is 2060 g/mol. The molecule has 0 bridgehead atoms. The molecule has 3 atom stereocenters. The Morgan fingerprint density at radius 3 is 0.662 bits per heavy atom. The number of hydrogen-bond donors (Lipinski definition) is 0. The highest BCUT2D eigenvalue weighted by molar-refractivity contribution is 7.43. The highest BCUT2D eigenvalue weighted by Gasteiger charge is 2.35. The lowest BCUT2D eigenvalue weighted by Crippen LogP contribution is -2.19. The molecule has 145 heavy (non-hydrogen) atoms. The molecule has 0 aliphatic rings. The molecule has 0 fully saturated rings. The van der Waals surface area contributed by atoms with E-state index in [0.29, 0.717) is 19.8 Å². The van der Waals surface area contributed by atoms with Crippen molar-refractivity contribution in [1.82, 2.24) is 0 Å². The van der Waals surface area contributed by atoms with Gasteiger partial charge >= 0.3 is 25.8 Å². The normalized spacial score (nSPS) is 12.7. The molecule has 0 saturated heterocycles. The van der Waals surface area contributed by atoms with Crippen molar-refractivity contribution in [2.45, 2.75) is 609 Å². The minimum atomic E-state index is -2.01. The van der Waals surface area contributed by atoms with Gasteiger partial charge in [-0.25, -0.2) is 0 Å². The van der Waals surface area contributed by atoms with E-state index in [2.05, 4.69) is 241 Å². The van der Waals surface area contributed by atoms with Crippen LogP contribution in [0.15, 0.2) is 109 Å². The first-order valence-corrected chi connectivity index (χ1v) is 64.8. The van der Waals surface area contributed by atoms with Gasteiger partial charge in [-0.3, -0.25) is 4.52 Å². The quantitative estimate of drug-likeness (QED) is 0.0274. The number of rotatable bonds is 92. The molecule has 0 radical (unpaired) electrons. The van der Waals surface area contributed by atoms with Gasteiger partial charge in [-0.05, 0) is 194 Å². The van der Waals surface area contributed by atoms with Crippen molar-refractivity contribution >= 4 is 25.8 Å². The van der Waals surface area contributed by atoms with Crippen molar-refractivity contribution in [3.8, 4) is 34.5 Å². The van der Waals surface area contributed by atoms with Gasteiger partial charge < -0.3 is 36.2 Å². The number of para-hydroxylation sites is 3. The molecule has 0 aromatic heterocycles. The van der Waals surface area contributed by atoms with E-state index < -0.39 is 25.8 Å². The van der Waals surface area contributed by atoms with Gasteiger partial charge in [-0.1, -0.05) is 569 Å². The molecule has 0 saturated carbocycles. The van der Waals surface area contributed by atoms with Gasteiger partial charge in [0.15, 0.2) is 0 Å². The van der Waals surface area contributed by atoms with Crippen LogP contribution < -0.4 is 27.1 Å². The van der Waals surface area contributed by atoms with Crippen LogP contribution in [-0.2, 0) is 49.1 Å². The molecule has 0 N–H and O–H groups in total. The van der Waals surface area contributed by atoms with Gasteiger partial charge in [-0.2, -0.15) is 0 Å². The largest absolute Gasteiger partial charge is 0.530 e. The zero-order valence-corrected chi connectivity index (χ0v) is 100. The standard InChI is InChI=1S/C133H223O9P3/c1-20-26-32-38-44-47-50-53-56-59-62-65-71-77-89-101-134-143(135-102-90-78-72-66-63-60-57-54-51-48-45-39-33-27-21-2)140-128-106-113(9)119(109-123(128)132(14,15)16)121(120-110-124(133(17,18)19)129(107-114(120)10)141-144(137-125-98-86-83-95-115(125)92-80-74-68-41-35-29-23-4)136-103-91-79-73-67-64-61-58-55-52-49-46-40-34-28-22-3)104-111(7)118-108-122(131(11,12)13)130(105-112(118)8)142-145(138-126-99-87-84-96-116(126)93-81-75-69-42-36-30-24-5)139-127-100-88-85-97-117(127)94-82-76-70-43-37-31-25-6/h83-88,95-100,105-111,121H,20-82,89-94,101-104H2,1-19H3. The molecule has 12 heteroatoms. The Balaban J connectivity index is 1.43. The van der Waals surface area contributed by atoms with Crippen molar-refractivity contribution in [2.75, 3.05) is 19.8 Å². The Morgan fingerprint density at radius 1 is 0.214 bits per heavy atom. The van der Waals surface area contributed by atoms with E-state index in [-0.39, 0.29) is 28.1 Å². The topological polar surface area (TPSA) is 83.1 Å². The van der Waals surface area contributed by atoms with Crippen molar-refractivity contribution < 1.29 is 40.7 Å². The minimum absolute atomic E-state index is 0.0672. The molecule has 824 valence electrons. The number of benzene rings is 6. The first-order chi connectivity index (χ1) is 70.4. The predicted octanol–water partition coefficient (Wildman–Crippen LogP) is 46.4. The molecule has 0 amide bonds. The summed E-state index contributed by atoms with van der Waals surface area (Å²) in [4.78, 5) is 0. The second-order valence-electron chi connectivity index (χ2n) is 47.1. The molecule has 3 unspecified atom stereocenters. The van der Waals surface area contributed by atoms with Crippen LogP contribution in [0.3, 0.4) is 0 Å². The van der Waals surface area contributed by atoms with E-state index in [0.717, 1.165) is 135 Å². The molecule has 0 aliphatic carbocycles. The summed E-state index contributed by atoms with van der Waals surface area (Å²) < 4.78 is 65.2. The van der Waals surface area contributed by atoms with Crippen LogP contribution in [0, 0.1) is 20.8 Å². The van der Waals surface area contributed by atoms with E-state index in [1.165, 1.54) is 416 Å². The first-order valence-electron chi connectivity index (χ1n) is 61.5. The summed E-state index contributed by atoms with van der Waals surface area (Å²) >= 11 is 0. The summed E-state index contributed by atoms with van der Waals surface area (Å²) in [5.41, 5.74) is 13.5. The summed E-state index contributed by atoms with van der Waals surface area (Å²) in [5.74, 6) is 5.03. The molecule has 0 heterocycles. The highest BCUT2D eigenvalue weighted by atomic mass is 31.2. The average molecular weight is 2060 g/mol. The number of hydrogen-bond acceptors (Lipinski definition) is 9. The van der Waals surface area contributed by atoms with Gasteiger partial charge in [0, 0.05) is 22.6 Å². The van der Waals surface area contributed by atoms with Crippen LogP contribution in [0.25, 0.3) is 0 Å². The lowest BCUT2D eigenvalue weighted by atomic mass is 9.74. The lowest BCUT2D eigenvalue weighted by Gasteiger charge is -2.33. The average Bonchev–Trinajstić information content (AvgIpc) is 0.758. The van der Waals surface area contributed by atoms with Crippen LogP contribution in [-0.4, -0.2) is 19.8 Å². The zero-order chi connectivity index (χ0) is 104. The number of aryl methyl sites for hydroxylation is 6. The van der Waals surface area contributed by atoms with E-state index in [1.54, 1.807) is 0 Å². The van der Waals surface area contributed by atoms with E-state index >= 15 is 0 Å². The summed E-state index contributed by atoms with van der Waals surface area (Å²) in [7, 11) is -5.59. The summed E-state index contributed by atoms with van der Waals surface area (Å²) in [6.45, 7) is 46.3. The SMILES string of the molecule is CCCCCCCCCCCCCCCCCOP(OCCCCCCCCCCCCCCCCC)Oc1cc(C)c(C(CC(C)c2cc(C(C)(C)C)c(OP(Oc3ccccc3CCCCCCCCC)Oc3ccccc3CCCCCCCCC)cc2C)c2cc(C(C)(C)C)c(OP(OCCCCCCCCCCCCCCCCC)Oc3ccccc3CCCCCCCCC)cc2C)cc1C(C)(C)C. The Kier molecular flexibility index (Phi) is 71.3. The van der Waals surface area contributed by atoms with Gasteiger partial charge in [0.05, 0.1) is 19.8 Å². The third-order valence-corrected chi connectivity index (χ3v) is 33.6. The van der Waals surface area contributed by atoms with E-state index in [9.17, 15) is 0 Å². The molecule has 0 aliphatic heterocycles. The zero-order valence-electron chi connectivity index (χ0n) is 97.7. The van der Waals surface area contributed by atoms with Gasteiger partial charge in [0.1, 0.15) is 34.5 Å². The fraction of sp³-hybridized carbons (Fsp3) is 0.729. The van der Waals surface area contributed by atoms with Gasteiger partial charge in [0.25, 0.3) is 0 Å². The molecule has 6 aromatic rings. The van der Waals surface area contributed by atoms with Crippen molar-refractivity contribution in [3.05, 3.63) is 176 Å². The summed E-state index contributed by atoms with van der Waals surface area (Å²) in [6, 6.07) is 40.6. The smallest absolute Gasteiger partial charge is 0.426 e. The number of unbranched alkanes of at least 4 members (excludes halogenated alkanes) is 60. The van der Waals surface area contributed by atoms with Gasteiger partial charge in [0.2, 0.25) is 0 Å². The maximum atomic E-state index is 7.53.